The quantitative estimate of drug-likeness (QED) is 0.801. The summed E-state index contributed by atoms with van der Waals surface area (Å²) in [6, 6.07) is 7.13. The summed E-state index contributed by atoms with van der Waals surface area (Å²) in [5.74, 6) is -4.28. The van der Waals surface area contributed by atoms with Gasteiger partial charge in [0.2, 0.25) is 0 Å². The van der Waals surface area contributed by atoms with E-state index in [1.54, 1.807) is 6.07 Å². The van der Waals surface area contributed by atoms with E-state index in [2.05, 4.69) is 15.9 Å². The number of carboxylic acids is 2. The number of benzene rings is 1. The first-order valence-corrected chi connectivity index (χ1v) is 8.79. The Morgan fingerprint density at radius 3 is 2.22 bits per heavy atom. The molecule has 1 aliphatic carbocycles. The number of aliphatic carboxylic acids is 2. The van der Waals surface area contributed by atoms with E-state index in [9.17, 15) is 28.2 Å². The van der Waals surface area contributed by atoms with E-state index in [0.29, 0.717) is 0 Å². The summed E-state index contributed by atoms with van der Waals surface area (Å²) < 4.78 is 23.7. The average Bonchev–Trinajstić information content (AvgIpc) is 2.47. The first-order chi connectivity index (χ1) is 10.7. The third kappa shape index (κ3) is 2.51. The fraction of sp³-hybridized carbons (Fsp3) is 0.200. The van der Waals surface area contributed by atoms with Crippen molar-refractivity contribution in [1.29, 1.82) is 0 Å². The number of hydrogen-bond donors (Lipinski definition) is 2. The second kappa shape index (κ2) is 5.93. The SMILES string of the molecule is CC1C(C(=O)O)=C(Br)C=CC1(C(=O)O)S(=O)(=O)c1ccccc1. The van der Waals surface area contributed by atoms with Gasteiger partial charge in [-0.2, -0.15) is 0 Å². The average molecular weight is 401 g/mol. The molecule has 2 rings (SSSR count). The molecule has 0 bridgehead atoms. The maximum atomic E-state index is 13.0. The Labute approximate surface area is 141 Å². The monoisotopic (exact) mass is 400 g/mol. The van der Waals surface area contributed by atoms with E-state index in [4.69, 9.17) is 0 Å². The number of rotatable bonds is 4. The van der Waals surface area contributed by atoms with Crippen LogP contribution in [-0.2, 0) is 19.4 Å². The molecule has 0 saturated carbocycles. The van der Waals surface area contributed by atoms with Gasteiger partial charge in [0, 0.05) is 10.4 Å². The minimum Gasteiger partial charge on any atom is -0.480 e. The smallest absolute Gasteiger partial charge is 0.333 e. The third-order valence-electron chi connectivity index (χ3n) is 3.87. The van der Waals surface area contributed by atoms with Crippen LogP contribution in [-0.4, -0.2) is 35.3 Å². The molecule has 0 spiro atoms. The van der Waals surface area contributed by atoms with Crippen molar-refractivity contribution in [2.24, 2.45) is 5.92 Å². The lowest BCUT2D eigenvalue weighted by Crippen LogP contribution is -2.52. The van der Waals surface area contributed by atoms with Gasteiger partial charge in [0.15, 0.2) is 14.6 Å². The Hall–Kier alpha value is -1.93. The van der Waals surface area contributed by atoms with E-state index in [1.807, 2.05) is 0 Å². The molecule has 122 valence electrons. The highest BCUT2D eigenvalue weighted by Crippen LogP contribution is 2.43. The molecule has 6 nitrogen and oxygen atoms in total. The maximum Gasteiger partial charge on any atom is 0.333 e. The van der Waals surface area contributed by atoms with Crippen LogP contribution in [0.5, 0.6) is 0 Å². The zero-order chi connectivity index (χ0) is 17.4. The highest BCUT2D eigenvalue weighted by Gasteiger charge is 2.57. The maximum absolute atomic E-state index is 13.0. The van der Waals surface area contributed by atoms with Gasteiger partial charge in [-0.1, -0.05) is 47.1 Å². The van der Waals surface area contributed by atoms with Crippen LogP contribution in [0.3, 0.4) is 0 Å². The molecule has 0 fully saturated rings. The Morgan fingerprint density at radius 1 is 1.17 bits per heavy atom. The Bertz CT molecular complexity index is 825. The molecule has 0 heterocycles. The zero-order valence-corrected chi connectivity index (χ0v) is 14.3. The van der Waals surface area contributed by atoms with Crippen molar-refractivity contribution in [2.45, 2.75) is 16.6 Å². The summed E-state index contributed by atoms with van der Waals surface area (Å²) in [6.45, 7) is 1.28. The van der Waals surface area contributed by atoms with Gasteiger partial charge in [0.05, 0.1) is 10.5 Å². The fourth-order valence-corrected chi connectivity index (χ4v) is 5.24. The van der Waals surface area contributed by atoms with Crippen LogP contribution in [0.25, 0.3) is 0 Å². The van der Waals surface area contributed by atoms with Crippen molar-refractivity contribution >= 4 is 37.7 Å². The van der Waals surface area contributed by atoms with Gasteiger partial charge in [-0.05, 0) is 18.2 Å². The van der Waals surface area contributed by atoms with Crippen molar-refractivity contribution in [1.82, 2.24) is 0 Å². The van der Waals surface area contributed by atoms with Gasteiger partial charge in [-0.25, -0.2) is 13.2 Å². The Morgan fingerprint density at radius 2 is 1.74 bits per heavy atom. The van der Waals surface area contributed by atoms with Crippen molar-refractivity contribution in [3.05, 3.63) is 52.5 Å². The number of allylic oxidation sites excluding steroid dienone is 2. The molecule has 0 radical (unpaired) electrons. The van der Waals surface area contributed by atoms with Crippen molar-refractivity contribution in [3.63, 3.8) is 0 Å². The van der Waals surface area contributed by atoms with Gasteiger partial charge in [-0.15, -0.1) is 0 Å². The summed E-state index contributed by atoms with van der Waals surface area (Å²) in [5.41, 5.74) is -0.297. The molecular formula is C15H13BrO6S. The number of sulfone groups is 1. The summed E-state index contributed by atoms with van der Waals surface area (Å²) in [4.78, 5) is 23.2. The standard InChI is InChI=1S/C15H13BrO6S/c1-9-12(13(17)18)11(16)7-8-15(9,14(19)20)23(21,22)10-5-3-2-4-6-10/h2-9H,1H3,(H,17,18)(H,19,20). The molecule has 1 aromatic rings. The molecular weight excluding hydrogens is 388 g/mol. The Balaban J connectivity index is 2.76. The highest BCUT2D eigenvalue weighted by atomic mass is 79.9. The fourth-order valence-electron chi connectivity index (χ4n) is 2.63. The number of halogens is 1. The van der Waals surface area contributed by atoms with Crippen LogP contribution in [0.15, 0.2) is 57.4 Å². The minimum absolute atomic E-state index is 0.151. The molecule has 0 aliphatic heterocycles. The largest absolute Gasteiger partial charge is 0.480 e. The molecule has 23 heavy (non-hydrogen) atoms. The normalized spacial score (nSPS) is 24.5. The lowest BCUT2D eigenvalue weighted by Gasteiger charge is -2.35. The first kappa shape index (κ1) is 17.4. The van der Waals surface area contributed by atoms with Gasteiger partial charge in [0.25, 0.3) is 0 Å². The summed E-state index contributed by atoms with van der Waals surface area (Å²) in [5, 5.41) is 19.0. The number of carbonyl (C=O) groups is 2. The van der Waals surface area contributed by atoms with Gasteiger partial charge in [-0.3, -0.25) is 4.79 Å². The van der Waals surface area contributed by atoms with Crippen molar-refractivity contribution in [2.75, 3.05) is 0 Å². The lowest BCUT2D eigenvalue weighted by molar-refractivity contribution is -0.140. The predicted octanol–water partition coefficient (Wildman–Crippen LogP) is 2.22. The molecule has 1 aliphatic rings. The minimum atomic E-state index is -4.37. The second-order valence-electron chi connectivity index (χ2n) is 5.04. The van der Waals surface area contributed by atoms with Crippen LogP contribution in [0.2, 0.25) is 0 Å². The van der Waals surface area contributed by atoms with Crippen molar-refractivity contribution in [3.8, 4) is 0 Å². The highest BCUT2D eigenvalue weighted by molar-refractivity contribution is 9.12. The molecule has 8 heteroatoms. The van der Waals surface area contributed by atoms with E-state index in [0.717, 1.165) is 12.2 Å². The van der Waals surface area contributed by atoms with Crippen LogP contribution >= 0.6 is 15.9 Å². The van der Waals surface area contributed by atoms with Gasteiger partial charge >= 0.3 is 11.9 Å². The summed E-state index contributed by atoms with van der Waals surface area (Å²) in [7, 11) is -4.37. The van der Waals surface area contributed by atoms with Crippen LogP contribution in [0.4, 0.5) is 0 Å². The van der Waals surface area contributed by atoms with Crippen LogP contribution in [0, 0.1) is 5.92 Å². The molecule has 0 aromatic heterocycles. The molecule has 2 unspecified atom stereocenters. The molecule has 2 atom stereocenters. The van der Waals surface area contributed by atoms with Crippen LogP contribution < -0.4 is 0 Å². The Kier molecular flexibility index (Phi) is 4.50. The van der Waals surface area contributed by atoms with E-state index >= 15 is 0 Å². The van der Waals surface area contributed by atoms with E-state index < -0.39 is 32.4 Å². The predicted molar refractivity (Wildman–Crippen MR) is 85.9 cm³/mol. The first-order valence-electron chi connectivity index (χ1n) is 6.51. The third-order valence-corrected chi connectivity index (χ3v) is 7.01. The zero-order valence-electron chi connectivity index (χ0n) is 11.9. The second-order valence-corrected chi connectivity index (χ2v) is 8.04. The number of hydrogen-bond acceptors (Lipinski definition) is 4. The lowest BCUT2D eigenvalue weighted by atomic mass is 9.82. The summed E-state index contributed by atoms with van der Waals surface area (Å²) in [6.07, 6.45) is 2.19. The van der Waals surface area contributed by atoms with Gasteiger partial charge < -0.3 is 10.2 Å². The van der Waals surface area contributed by atoms with E-state index in [1.165, 1.54) is 31.2 Å². The topological polar surface area (TPSA) is 109 Å². The number of carboxylic acid groups (broad SMARTS) is 2. The molecule has 1 aromatic carbocycles. The van der Waals surface area contributed by atoms with Gasteiger partial charge in [0.1, 0.15) is 0 Å². The summed E-state index contributed by atoms with van der Waals surface area (Å²) >= 11 is 3.04. The molecule has 0 saturated heterocycles. The van der Waals surface area contributed by atoms with Crippen LogP contribution in [0.1, 0.15) is 6.92 Å². The molecule has 2 N–H and O–H groups in total. The van der Waals surface area contributed by atoms with Crippen molar-refractivity contribution < 1.29 is 28.2 Å². The van der Waals surface area contributed by atoms with E-state index in [-0.39, 0.29) is 15.0 Å². The molecule has 0 amide bonds.